The second-order valence-corrected chi connectivity index (χ2v) is 6.72. The molecule has 2 aromatic rings. The quantitative estimate of drug-likeness (QED) is 0.895. The van der Waals surface area contributed by atoms with Crippen molar-refractivity contribution in [2.24, 2.45) is 0 Å². The number of nitrogens with one attached hydrogen (secondary N) is 1. The lowest BCUT2D eigenvalue weighted by Crippen LogP contribution is -2.38. The van der Waals surface area contributed by atoms with E-state index in [-0.39, 0.29) is 24.2 Å². The molecule has 26 heavy (non-hydrogen) atoms. The third kappa shape index (κ3) is 3.77. The molecule has 1 heterocycles. The highest BCUT2D eigenvalue weighted by atomic mass is 19.1. The minimum atomic E-state index is -0.422. The molecule has 0 spiro atoms. The maximum absolute atomic E-state index is 13.4. The first-order chi connectivity index (χ1) is 12.5. The third-order valence-electron chi connectivity index (χ3n) is 4.65. The van der Waals surface area contributed by atoms with Gasteiger partial charge in [0.1, 0.15) is 12.4 Å². The van der Waals surface area contributed by atoms with Gasteiger partial charge in [-0.2, -0.15) is 0 Å². The van der Waals surface area contributed by atoms with Gasteiger partial charge in [0.2, 0.25) is 11.8 Å². The van der Waals surface area contributed by atoms with E-state index in [4.69, 9.17) is 0 Å². The predicted molar refractivity (Wildman–Crippen MR) is 99.3 cm³/mol. The number of amides is 2. The highest BCUT2D eigenvalue weighted by Crippen LogP contribution is 2.36. The molecular weight excluding hydrogens is 331 g/mol. The summed E-state index contributed by atoms with van der Waals surface area (Å²) in [6.07, 6.45) is 2.07. The highest BCUT2D eigenvalue weighted by molar-refractivity contribution is 5.97. The van der Waals surface area contributed by atoms with Crippen LogP contribution in [0.5, 0.6) is 0 Å². The lowest BCUT2D eigenvalue weighted by Gasteiger charge is -2.31. The standard InChI is InChI=1S/C21H23FN2O2/c1-3-4-5-20(26)24-13-19(25)23-18-11-6-14(2)12-17(18)21(24)15-7-9-16(22)10-8-15/h6-12,21H,3-5,13H2,1-2H3,(H,23,25)/t21-/m0/s1. The Balaban J connectivity index is 2.12. The van der Waals surface area contributed by atoms with Gasteiger partial charge in [-0.1, -0.05) is 43.2 Å². The summed E-state index contributed by atoms with van der Waals surface area (Å²) in [5.74, 6) is -0.611. The maximum atomic E-state index is 13.4. The van der Waals surface area contributed by atoms with Crippen LogP contribution >= 0.6 is 0 Å². The second kappa shape index (κ2) is 7.68. The minimum Gasteiger partial charge on any atom is -0.324 e. The zero-order chi connectivity index (χ0) is 18.7. The molecular formula is C21H23FN2O2. The van der Waals surface area contributed by atoms with Crippen LogP contribution in [0.25, 0.3) is 0 Å². The van der Waals surface area contributed by atoms with Crippen LogP contribution in [0.4, 0.5) is 10.1 Å². The number of aryl methyl sites for hydroxylation is 1. The Bertz CT molecular complexity index is 817. The average Bonchev–Trinajstić information content (AvgIpc) is 2.76. The van der Waals surface area contributed by atoms with Gasteiger partial charge in [-0.25, -0.2) is 4.39 Å². The van der Waals surface area contributed by atoms with E-state index in [9.17, 15) is 14.0 Å². The van der Waals surface area contributed by atoms with Crippen molar-refractivity contribution in [3.8, 4) is 0 Å². The summed E-state index contributed by atoms with van der Waals surface area (Å²) >= 11 is 0. The Morgan fingerprint density at radius 3 is 2.65 bits per heavy atom. The number of benzene rings is 2. The first kappa shape index (κ1) is 18.1. The van der Waals surface area contributed by atoms with Gasteiger partial charge >= 0.3 is 0 Å². The van der Waals surface area contributed by atoms with Gasteiger partial charge in [0, 0.05) is 17.7 Å². The maximum Gasteiger partial charge on any atom is 0.244 e. The van der Waals surface area contributed by atoms with E-state index in [0.29, 0.717) is 12.1 Å². The van der Waals surface area contributed by atoms with Crippen molar-refractivity contribution in [1.29, 1.82) is 0 Å². The van der Waals surface area contributed by atoms with Gasteiger partial charge in [-0.15, -0.1) is 0 Å². The fraction of sp³-hybridized carbons (Fsp3) is 0.333. The molecule has 0 fully saturated rings. The molecule has 2 aromatic carbocycles. The number of unbranched alkanes of at least 4 members (excludes halogenated alkanes) is 1. The number of rotatable bonds is 4. The Morgan fingerprint density at radius 2 is 1.96 bits per heavy atom. The predicted octanol–water partition coefficient (Wildman–Crippen LogP) is 4.19. The molecule has 0 bridgehead atoms. The Labute approximate surface area is 153 Å². The topological polar surface area (TPSA) is 49.4 Å². The Kier molecular flexibility index (Phi) is 5.35. The fourth-order valence-corrected chi connectivity index (χ4v) is 3.33. The Morgan fingerprint density at radius 1 is 1.23 bits per heavy atom. The van der Waals surface area contributed by atoms with Crippen molar-refractivity contribution in [3.63, 3.8) is 0 Å². The molecule has 0 saturated heterocycles. The van der Waals surface area contributed by atoms with Crippen molar-refractivity contribution in [3.05, 3.63) is 65.0 Å². The summed E-state index contributed by atoms with van der Waals surface area (Å²) in [7, 11) is 0. The van der Waals surface area contributed by atoms with Crippen LogP contribution in [0.15, 0.2) is 42.5 Å². The zero-order valence-corrected chi connectivity index (χ0v) is 15.1. The molecule has 0 radical (unpaired) electrons. The number of hydrogen-bond acceptors (Lipinski definition) is 2. The highest BCUT2D eigenvalue weighted by Gasteiger charge is 2.33. The molecule has 1 N–H and O–H groups in total. The molecule has 2 amide bonds. The number of nitrogens with zero attached hydrogens (tertiary/aromatic N) is 1. The van der Waals surface area contributed by atoms with Crippen molar-refractivity contribution in [2.45, 2.75) is 39.2 Å². The lowest BCUT2D eigenvalue weighted by molar-refractivity contribution is -0.136. The van der Waals surface area contributed by atoms with Crippen molar-refractivity contribution in [2.75, 3.05) is 11.9 Å². The smallest absolute Gasteiger partial charge is 0.244 e. The summed E-state index contributed by atoms with van der Waals surface area (Å²) in [4.78, 5) is 26.9. The van der Waals surface area contributed by atoms with Crippen LogP contribution in [0, 0.1) is 12.7 Å². The van der Waals surface area contributed by atoms with Gasteiger partial charge < -0.3 is 10.2 Å². The number of carbonyl (C=O) groups excluding carboxylic acids is 2. The fourth-order valence-electron chi connectivity index (χ4n) is 3.33. The second-order valence-electron chi connectivity index (χ2n) is 6.72. The minimum absolute atomic E-state index is 0.0156. The molecule has 5 heteroatoms. The molecule has 0 unspecified atom stereocenters. The van der Waals surface area contributed by atoms with E-state index in [1.165, 1.54) is 12.1 Å². The molecule has 1 aliphatic heterocycles. The SMILES string of the molecule is CCCCC(=O)N1CC(=O)Nc2ccc(C)cc2[C@@H]1c1ccc(F)cc1. The van der Waals surface area contributed by atoms with Gasteiger partial charge in [0.15, 0.2) is 0 Å². The van der Waals surface area contributed by atoms with Crippen LogP contribution in [-0.4, -0.2) is 23.3 Å². The molecule has 4 nitrogen and oxygen atoms in total. The summed E-state index contributed by atoms with van der Waals surface area (Å²) in [6.45, 7) is 3.98. The van der Waals surface area contributed by atoms with Gasteiger partial charge in [-0.3, -0.25) is 9.59 Å². The van der Waals surface area contributed by atoms with Crippen molar-refractivity contribution >= 4 is 17.5 Å². The van der Waals surface area contributed by atoms with Crippen molar-refractivity contribution < 1.29 is 14.0 Å². The number of fused-ring (bicyclic) bond motifs is 1. The van der Waals surface area contributed by atoms with E-state index in [2.05, 4.69) is 5.32 Å². The van der Waals surface area contributed by atoms with Gasteiger partial charge in [-0.05, 0) is 37.1 Å². The monoisotopic (exact) mass is 354 g/mol. The molecule has 0 saturated carbocycles. The van der Waals surface area contributed by atoms with Crippen LogP contribution in [0.2, 0.25) is 0 Å². The van der Waals surface area contributed by atoms with Crippen LogP contribution in [-0.2, 0) is 9.59 Å². The largest absolute Gasteiger partial charge is 0.324 e. The molecule has 1 atom stereocenters. The van der Waals surface area contributed by atoms with E-state index in [1.54, 1.807) is 17.0 Å². The van der Waals surface area contributed by atoms with E-state index < -0.39 is 6.04 Å². The first-order valence-electron chi connectivity index (χ1n) is 8.95. The van der Waals surface area contributed by atoms with Gasteiger partial charge in [0.05, 0.1) is 6.04 Å². The normalized spacial score (nSPS) is 16.7. The third-order valence-corrected chi connectivity index (χ3v) is 4.65. The number of halogens is 1. The molecule has 1 aliphatic rings. The van der Waals surface area contributed by atoms with Crippen LogP contribution in [0.3, 0.4) is 0 Å². The van der Waals surface area contributed by atoms with Crippen molar-refractivity contribution in [1.82, 2.24) is 4.90 Å². The summed E-state index contributed by atoms with van der Waals surface area (Å²) in [6, 6.07) is 11.5. The molecule has 136 valence electrons. The van der Waals surface area contributed by atoms with Crippen LogP contribution < -0.4 is 5.32 Å². The van der Waals surface area contributed by atoms with Gasteiger partial charge in [0.25, 0.3) is 0 Å². The molecule has 0 aliphatic carbocycles. The number of carbonyl (C=O) groups is 2. The van der Waals surface area contributed by atoms with E-state index >= 15 is 0 Å². The Hall–Kier alpha value is -2.69. The molecule has 0 aromatic heterocycles. The summed E-state index contributed by atoms with van der Waals surface area (Å²) in [5.41, 5.74) is 3.38. The average molecular weight is 354 g/mol. The first-order valence-corrected chi connectivity index (χ1v) is 8.95. The lowest BCUT2D eigenvalue weighted by atomic mass is 9.94. The van der Waals surface area contributed by atoms with Crippen LogP contribution in [0.1, 0.15) is 48.9 Å². The zero-order valence-electron chi connectivity index (χ0n) is 15.1. The van der Waals surface area contributed by atoms with E-state index in [1.807, 2.05) is 32.0 Å². The summed E-state index contributed by atoms with van der Waals surface area (Å²) < 4.78 is 13.4. The van der Waals surface area contributed by atoms with E-state index in [0.717, 1.165) is 29.5 Å². The molecule has 3 rings (SSSR count). The number of hydrogen-bond donors (Lipinski definition) is 1. The summed E-state index contributed by atoms with van der Waals surface area (Å²) in [5, 5.41) is 2.89. The number of anilines is 1.